The minimum absolute atomic E-state index is 0.0137. The number of hydrogen-bond acceptors (Lipinski definition) is 7. The van der Waals surface area contributed by atoms with Crippen molar-refractivity contribution in [2.75, 3.05) is 24.6 Å². The second kappa shape index (κ2) is 6.83. The fraction of sp³-hybridized carbons (Fsp3) is 0.562. The number of nitrogens with zero attached hydrogens (tertiary/aromatic N) is 4. The third kappa shape index (κ3) is 2.89. The minimum atomic E-state index is -0.728. The van der Waals surface area contributed by atoms with Crippen molar-refractivity contribution in [3.63, 3.8) is 0 Å². The van der Waals surface area contributed by atoms with E-state index in [9.17, 15) is 14.9 Å². The summed E-state index contributed by atoms with van der Waals surface area (Å²) >= 11 is 0. The molecule has 0 radical (unpaired) electrons. The first kappa shape index (κ1) is 17.7. The number of pyridine rings is 1. The van der Waals surface area contributed by atoms with Crippen LogP contribution in [0.15, 0.2) is 12.3 Å². The largest absolute Gasteiger partial charge is 0.466 e. The monoisotopic (exact) mass is 332 g/mol. The van der Waals surface area contributed by atoms with Crippen LogP contribution in [-0.4, -0.2) is 35.6 Å². The molecule has 1 unspecified atom stereocenters. The second-order valence-electron chi connectivity index (χ2n) is 6.10. The van der Waals surface area contributed by atoms with E-state index in [1.807, 2.05) is 19.9 Å². The van der Waals surface area contributed by atoms with Gasteiger partial charge in [-0.1, -0.05) is 13.8 Å². The van der Waals surface area contributed by atoms with Crippen LogP contribution >= 0.6 is 0 Å². The molecule has 0 N–H and O–H groups in total. The standard InChI is InChI=1S/C16H20N4O4/c1-4-24-15(21)16(11(2)3)6-8-19(10-16)14-13(20(22)23)12(9-17)5-7-18-14/h5,7,11H,4,6,8,10H2,1-3H3. The predicted octanol–water partition coefficient (Wildman–Crippen LogP) is 2.28. The van der Waals surface area contributed by atoms with Gasteiger partial charge < -0.3 is 9.64 Å². The first-order valence-corrected chi connectivity index (χ1v) is 7.83. The van der Waals surface area contributed by atoms with Crippen LogP contribution in [0.2, 0.25) is 0 Å². The number of aromatic nitrogens is 1. The maximum Gasteiger partial charge on any atom is 0.329 e. The fourth-order valence-electron chi connectivity index (χ4n) is 3.11. The zero-order chi connectivity index (χ0) is 17.9. The van der Waals surface area contributed by atoms with E-state index in [2.05, 4.69) is 4.98 Å². The first-order chi connectivity index (χ1) is 11.4. The van der Waals surface area contributed by atoms with Gasteiger partial charge >= 0.3 is 11.7 Å². The third-order valence-corrected chi connectivity index (χ3v) is 4.60. The van der Waals surface area contributed by atoms with Gasteiger partial charge in [0.2, 0.25) is 5.82 Å². The molecule has 1 aliphatic rings. The molecule has 2 heterocycles. The molecule has 0 bridgehead atoms. The molecule has 0 spiro atoms. The molecule has 1 aromatic rings. The van der Waals surface area contributed by atoms with E-state index in [0.717, 1.165) is 0 Å². The summed E-state index contributed by atoms with van der Waals surface area (Å²) in [4.78, 5) is 29.1. The van der Waals surface area contributed by atoms with Crippen molar-refractivity contribution in [3.8, 4) is 6.07 Å². The van der Waals surface area contributed by atoms with Gasteiger partial charge in [-0.15, -0.1) is 0 Å². The summed E-state index contributed by atoms with van der Waals surface area (Å²) in [5.41, 5.74) is -1.08. The topological polar surface area (TPSA) is 109 Å². The van der Waals surface area contributed by atoms with Crippen LogP contribution in [0.3, 0.4) is 0 Å². The van der Waals surface area contributed by atoms with Gasteiger partial charge in [0.25, 0.3) is 0 Å². The van der Waals surface area contributed by atoms with E-state index in [0.29, 0.717) is 13.0 Å². The maximum absolute atomic E-state index is 12.5. The van der Waals surface area contributed by atoms with Crippen LogP contribution in [0.25, 0.3) is 0 Å². The molecule has 0 amide bonds. The molecule has 24 heavy (non-hydrogen) atoms. The highest BCUT2D eigenvalue weighted by Gasteiger charge is 2.49. The number of carbonyl (C=O) groups excluding carboxylic acids is 1. The lowest BCUT2D eigenvalue weighted by atomic mass is 9.76. The summed E-state index contributed by atoms with van der Waals surface area (Å²) in [6, 6.07) is 3.15. The molecule has 1 aliphatic heterocycles. The molecule has 1 saturated heterocycles. The van der Waals surface area contributed by atoms with E-state index in [-0.39, 0.29) is 42.1 Å². The molecule has 128 valence electrons. The maximum atomic E-state index is 12.5. The van der Waals surface area contributed by atoms with Crippen molar-refractivity contribution in [1.29, 1.82) is 5.26 Å². The van der Waals surface area contributed by atoms with Crippen molar-refractivity contribution >= 4 is 17.5 Å². The number of anilines is 1. The molecule has 8 heteroatoms. The normalized spacial score (nSPS) is 20.0. The Balaban J connectivity index is 2.42. The molecule has 0 aliphatic carbocycles. The number of rotatable bonds is 5. The van der Waals surface area contributed by atoms with Crippen molar-refractivity contribution in [2.45, 2.75) is 27.2 Å². The number of carbonyl (C=O) groups is 1. The number of hydrogen-bond donors (Lipinski definition) is 0. The molecular formula is C16H20N4O4. The Kier molecular flexibility index (Phi) is 5.02. The molecule has 0 aromatic carbocycles. The highest BCUT2D eigenvalue weighted by atomic mass is 16.6. The zero-order valence-corrected chi connectivity index (χ0v) is 14.0. The van der Waals surface area contributed by atoms with Crippen LogP contribution in [0.5, 0.6) is 0 Å². The number of nitro groups is 1. The lowest BCUT2D eigenvalue weighted by Gasteiger charge is -2.30. The van der Waals surface area contributed by atoms with Crippen molar-refractivity contribution in [2.24, 2.45) is 11.3 Å². The average Bonchev–Trinajstić information content (AvgIpc) is 3.00. The number of ether oxygens (including phenoxy) is 1. The quantitative estimate of drug-likeness (QED) is 0.462. The lowest BCUT2D eigenvalue weighted by Crippen LogP contribution is -2.41. The Bertz CT molecular complexity index is 698. The van der Waals surface area contributed by atoms with E-state index in [4.69, 9.17) is 10.00 Å². The highest BCUT2D eigenvalue weighted by Crippen LogP contribution is 2.42. The Labute approximate surface area is 140 Å². The average molecular weight is 332 g/mol. The first-order valence-electron chi connectivity index (χ1n) is 7.83. The second-order valence-corrected chi connectivity index (χ2v) is 6.10. The minimum Gasteiger partial charge on any atom is -0.466 e. The van der Waals surface area contributed by atoms with E-state index < -0.39 is 10.3 Å². The SMILES string of the molecule is CCOC(=O)C1(C(C)C)CCN(c2nccc(C#N)c2[N+](=O)[O-])C1. The van der Waals surface area contributed by atoms with Crippen LogP contribution in [-0.2, 0) is 9.53 Å². The van der Waals surface area contributed by atoms with Crippen molar-refractivity contribution < 1.29 is 14.5 Å². The molecular weight excluding hydrogens is 312 g/mol. The zero-order valence-electron chi connectivity index (χ0n) is 14.0. The van der Waals surface area contributed by atoms with Gasteiger partial charge in [0.15, 0.2) is 0 Å². The molecule has 1 fully saturated rings. The molecule has 0 saturated carbocycles. The Hall–Kier alpha value is -2.69. The lowest BCUT2D eigenvalue weighted by molar-refractivity contribution is -0.384. The summed E-state index contributed by atoms with van der Waals surface area (Å²) in [7, 11) is 0. The predicted molar refractivity (Wildman–Crippen MR) is 86.3 cm³/mol. The summed E-state index contributed by atoms with van der Waals surface area (Å²) in [6.07, 6.45) is 1.90. The van der Waals surface area contributed by atoms with Crippen molar-refractivity contribution in [3.05, 3.63) is 27.9 Å². The van der Waals surface area contributed by atoms with Crippen molar-refractivity contribution in [1.82, 2.24) is 4.98 Å². The van der Waals surface area contributed by atoms with Gasteiger partial charge in [-0.2, -0.15) is 5.26 Å². The van der Waals surface area contributed by atoms with Gasteiger partial charge in [-0.3, -0.25) is 14.9 Å². The highest BCUT2D eigenvalue weighted by molar-refractivity contribution is 5.80. The fourth-order valence-corrected chi connectivity index (χ4v) is 3.11. The number of esters is 1. The van der Waals surface area contributed by atoms with Gasteiger partial charge in [0.05, 0.1) is 16.9 Å². The summed E-state index contributed by atoms with van der Waals surface area (Å²) in [5, 5.41) is 20.5. The van der Waals surface area contributed by atoms with Gasteiger partial charge in [-0.05, 0) is 25.3 Å². The molecule has 8 nitrogen and oxygen atoms in total. The third-order valence-electron chi connectivity index (χ3n) is 4.60. The smallest absolute Gasteiger partial charge is 0.329 e. The summed E-state index contributed by atoms with van der Waals surface area (Å²) < 4.78 is 5.23. The van der Waals surface area contributed by atoms with Gasteiger partial charge in [0, 0.05) is 19.3 Å². The molecule has 2 rings (SSSR count). The Morgan fingerprint density at radius 1 is 1.62 bits per heavy atom. The Morgan fingerprint density at radius 3 is 2.88 bits per heavy atom. The van der Waals surface area contributed by atoms with Crippen LogP contribution in [0, 0.1) is 32.8 Å². The van der Waals surface area contributed by atoms with Crippen LogP contribution < -0.4 is 4.90 Å². The van der Waals surface area contributed by atoms with E-state index in [1.165, 1.54) is 12.3 Å². The Morgan fingerprint density at radius 2 is 2.33 bits per heavy atom. The number of nitriles is 1. The molecule has 1 atom stereocenters. The van der Waals surface area contributed by atoms with E-state index in [1.54, 1.807) is 11.8 Å². The van der Waals surface area contributed by atoms with E-state index >= 15 is 0 Å². The van der Waals surface area contributed by atoms with Crippen LogP contribution in [0.1, 0.15) is 32.8 Å². The van der Waals surface area contributed by atoms with Gasteiger partial charge in [-0.25, -0.2) is 4.98 Å². The molecule has 1 aromatic heterocycles. The summed E-state index contributed by atoms with van der Waals surface area (Å²) in [5.74, 6) is -0.146. The summed E-state index contributed by atoms with van der Waals surface area (Å²) in [6.45, 7) is 6.64. The van der Waals surface area contributed by atoms with Gasteiger partial charge in [0.1, 0.15) is 11.6 Å². The van der Waals surface area contributed by atoms with Crippen LogP contribution in [0.4, 0.5) is 11.5 Å².